The summed E-state index contributed by atoms with van der Waals surface area (Å²) in [4.78, 5) is 12.8. The Balaban J connectivity index is 1.87. The van der Waals surface area contributed by atoms with Crippen molar-refractivity contribution in [1.29, 1.82) is 0 Å². The highest BCUT2D eigenvalue weighted by Gasteiger charge is 2.55. The van der Waals surface area contributed by atoms with Crippen LogP contribution >= 0.6 is 0 Å². The van der Waals surface area contributed by atoms with Crippen molar-refractivity contribution < 1.29 is 9.53 Å². The number of hydrogen-bond donors (Lipinski definition) is 0. The highest BCUT2D eigenvalue weighted by Crippen LogP contribution is 2.59. The van der Waals surface area contributed by atoms with Crippen LogP contribution in [0.15, 0.2) is 24.3 Å². The molecule has 1 aromatic rings. The van der Waals surface area contributed by atoms with Gasteiger partial charge in [-0.15, -0.1) is 0 Å². The fourth-order valence-electron chi connectivity index (χ4n) is 3.12. The number of benzene rings is 1. The van der Waals surface area contributed by atoms with Crippen LogP contribution in [0.1, 0.15) is 43.0 Å². The SMILES string of the molecule is COc1ccc(C(=O)C(C)(C2CC2)C2CC2)cc1. The molecule has 2 aliphatic carbocycles. The Morgan fingerprint density at radius 3 is 2.00 bits per heavy atom. The van der Waals surface area contributed by atoms with Crippen molar-refractivity contribution >= 4 is 5.78 Å². The second-order valence-electron chi connectivity index (χ2n) is 5.89. The first-order valence-electron chi connectivity index (χ1n) is 6.85. The number of methoxy groups -OCH3 is 1. The molecule has 0 radical (unpaired) electrons. The molecule has 18 heavy (non-hydrogen) atoms. The molecule has 2 nitrogen and oxygen atoms in total. The molecule has 2 aliphatic rings. The molecular weight excluding hydrogens is 224 g/mol. The van der Waals surface area contributed by atoms with Gasteiger partial charge in [0, 0.05) is 11.0 Å². The molecule has 0 amide bonds. The maximum Gasteiger partial charge on any atom is 0.169 e. The number of carbonyl (C=O) groups excluding carboxylic acids is 1. The van der Waals surface area contributed by atoms with Crippen LogP contribution in [-0.2, 0) is 0 Å². The van der Waals surface area contributed by atoms with E-state index in [1.165, 1.54) is 25.7 Å². The lowest BCUT2D eigenvalue weighted by molar-refractivity contribution is 0.0740. The molecule has 1 aromatic carbocycles. The van der Waals surface area contributed by atoms with Gasteiger partial charge in [0.2, 0.25) is 0 Å². The second kappa shape index (κ2) is 4.11. The summed E-state index contributed by atoms with van der Waals surface area (Å²) in [5.41, 5.74) is 0.742. The van der Waals surface area contributed by atoms with Gasteiger partial charge in [-0.2, -0.15) is 0 Å². The first-order chi connectivity index (χ1) is 8.66. The number of carbonyl (C=O) groups is 1. The lowest BCUT2D eigenvalue weighted by Crippen LogP contribution is -2.32. The zero-order chi connectivity index (χ0) is 12.8. The van der Waals surface area contributed by atoms with Crippen LogP contribution in [-0.4, -0.2) is 12.9 Å². The predicted molar refractivity (Wildman–Crippen MR) is 70.9 cm³/mol. The molecule has 2 heteroatoms. The largest absolute Gasteiger partial charge is 0.497 e. The lowest BCUT2D eigenvalue weighted by Gasteiger charge is -2.28. The van der Waals surface area contributed by atoms with Gasteiger partial charge in [-0.25, -0.2) is 0 Å². The molecule has 0 bridgehead atoms. The van der Waals surface area contributed by atoms with E-state index in [9.17, 15) is 4.79 Å². The Hall–Kier alpha value is -1.31. The van der Waals surface area contributed by atoms with E-state index in [2.05, 4.69) is 6.92 Å². The molecule has 0 saturated heterocycles. The van der Waals surface area contributed by atoms with Crippen LogP contribution in [0.5, 0.6) is 5.75 Å². The van der Waals surface area contributed by atoms with Gasteiger partial charge in [-0.1, -0.05) is 6.92 Å². The van der Waals surface area contributed by atoms with Gasteiger partial charge >= 0.3 is 0 Å². The van der Waals surface area contributed by atoms with E-state index < -0.39 is 0 Å². The first-order valence-corrected chi connectivity index (χ1v) is 6.85. The molecule has 0 aliphatic heterocycles. The van der Waals surface area contributed by atoms with Crippen LogP contribution in [0.4, 0.5) is 0 Å². The van der Waals surface area contributed by atoms with Crippen LogP contribution in [0.2, 0.25) is 0 Å². The molecule has 2 fully saturated rings. The summed E-state index contributed by atoms with van der Waals surface area (Å²) in [5.74, 6) is 2.40. The Morgan fingerprint density at radius 2 is 1.61 bits per heavy atom. The summed E-state index contributed by atoms with van der Waals surface area (Å²) in [5, 5.41) is 0. The molecular formula is C16H20O2. The lowest BCUT2D eigenvalue weighted by atomic mass is 9.73. The van der Waals surface area contributed by atoms with Gasteiger partial charge < -0.3 is 4.74 Å². The summed E-state index contributed by atoms with van der Waals surface area (Å²) in [6.45, 7) is 2.19. The Bertz CT molecular complexity index is 440. The molecule has 96 valence electrons. The zero-order valence-corrected chi connectivity index (χ0v) is 11.1. The summed E-state index contributed by atoms with van der Waals surface area (Å²) in [7, 11) is 1.65. The van der Waals surface area contributed by atoms with E-state index in [-0.39, 0.29) is 5.41 Å². The molecule has 0 aromatic heterocycles. The number of rotatable bonds is 5. The maximum atomic E-state index is 12.8. The van der Waals surface area contributed by atoms with E-state index in [1.54, 1.807) is 7.11 Å². The first kappa shape index (κ1) is 11.8. The maximum absolute atomic E-state index is 12.8. The Labute approximate surface area is 108 Å². The van der Waals surface area contributed by atoms with Crippen molar-refractivity contribution in [2.75, 3.05) is 7.11 Å². The van der Waals surface area contributed by atoms with Crippen LogP contribution in [0.3, 0.4) is 0 Å². The minimum atomic E-state index is -0.103. The van der Waals surface area contributed by atoms with Crippen molar-refractivity contribution in [2.45, 2.75) is 32.6 Å². The van der Waals surface area contributed by atoms with Crippen LogP contribution in [0, 0.1) is 17.3 Å². The van der Waals surface area contributed by atoms with Crippen molar-refractivity contribution in [3.8, 4) is 5.75 Å². The monoisotopic (exact) mass is 244 g/mol. The van der Waals surface area contributed by atoms with Gasteiger partial charge in [-0.05, 0) is 61.8 Å². The molecule has 0 spiro atoms. The van der Waals surface area contributed by atoms with E-state index in [1.807, 2.05) is 24.3 Å². The van der Waals surface area contributed by atoms with E-state index in [4.69, 9.17) is 4.74 Å². The third-order valence-corrected chi connectivity index (χ3v) is 4.69. The van der Waals surface area contributed by atoms with Crippen molar-refractivity contribution in [3.05, 3.63) is 29.8 Å². The number of ketones is 1. The van der Waals surface area contributed by atoms with Crippen molar-refractivity contribution in [1.82, 2.24) is 0 Å². The van der Waals surface area contributed by atoms with Crippen LogP contribution < -0.4 is 4.74 Å². The molecule has 0 N–H and O–H groups in total. The van der Waals surface area contributed by atoms with Gasteiger partial charge in [0.15, 0.2) is 5.78 Å². The minimum absolute atomic E-state index is 0.103. The third kappa shape index (κ3) is 1.84. The van der Waals surface area contributed by atoms with E-state index >= 15 is 0 Å². The molecule has 0 unspecified atom stereocenters. The number of ether oxygens (including phenoxy) is 1. The zero-order valence-electron chi connectivity index (χ0n) is 11.1. The quantitative estimate of drug-likeness (QED) is 0.738. The van der Waals surface area contributed by atoms with Gasteiger partial charge in [0.05, 0.1) is 7.11 Å². The van der Waals surface area contributed by atoms with Crippen molar-refractivity contribution in [3.63, 3.8) is 0 Å². The highest BCUT2D eigenvalue weighted by molar-refractivity contribution is 6.01. The van der Waals surface area contributed by atoms with Gasteiger partial charge in [0.25, 0.3) is 0 Å². The van der Waals surface area contributed by atoms with Crippen molar-refractivity contribution in [2.24, 2.45) is 17.3 Å². The smallest absolute Gasteiger partial charge is 0.169 e. The normalized spacial score (nSPS) is 19.7. The predicted octanol–water partition coefficient (Wildman–Crippen LogP) is 3.70. The standard InChI is InChI=1S/C16H20O2/c1-16(12-5-6-12,13-7-8-13)15(17)11-3-9-14(18-2)10-4-11/h3-4,9-10,12-13H,5-8H2,1-2H3. The fourth-order valence-corrected chi connectivity index (χ4v) is 3.12. The van der Waals surface area contributed by atoms with E-state index in [0.29, 0.717) is 17.6 Å². The Kier molecular flexibility index (Phi) is 2.69. The second-order valence-corrected chi connectivity index (χ2v) is 5.89. The molecule has 3 rings (SSSR count). The fraction of sp³-hybridized carbons (Fsp3) is 0.562. The molecule has 2 saturated carbocycles. The number of hydrogen-bond acceptors (Lipinski definition) is 2. The Morgan fingerprint density at radius 1 is 1.11 bits per heavy atom. The average molecular weight is 244 g/mol. The highest BCUT2D eigenvalue weighted by atomic mass is 16.5. The third-order valence-electron chi connectivity index (χ3n) is 4.69. The molecule has 0 heterocycles. The number of Topliss-reactive ketones (excluding diaryl/α,β-unsaturated/α-hetero) is 1. The van der Waals surface area contributed by atoms with Gasteiger partial charge in [0.1, 0.15) is 5.75 Å². The average Bonchev–Trinajstić information content (AvgIpc) is 3.28. The topological polar surface area (TPSA) is 26.3 Å². The van der Waals surface area contributed by atoms with Gasteiger partial charge in [-0.3, -0.25) is 4.79 Å². The summed E-state index contributed by atoms with van der Waals surface area (Å²) < 4.78 is 5.14. The summed E-state index contributed by atoms with van der Waals surface area (Å²) in [6.07, 6.45) is 4.92. The summed E-state index contributed by atoms with van der Waals surface area (Å²) in [6, 6.07) is 7.58. The molecule has 0 atom stereocenters. The van der Waals surface area contributed by atoms with E-state index in [0.717, 1.165) is 11.3 Å². The van der Waals surface area contributed by atoms with Crippen LogP contribution in [0.25, 0.3) is 0 Å². The summed E-state index contributed by atoms with van der Waals surface area (Å²) >= 11 is 0. The minimum Gasteiger partial charge on any atom is -0.497 e.